The summed E-state index contributed by atoms with van der Waals surface area (Å²) in [4.78, 5) is 38.8. The van der Waals surface area contributed by atoms with Gasteiger partial charge in [0.2, 0.25) is 23.5 Å². The van der Waals surface area contributed by atoms with Crippen molar-refractivity contribution in [3.8, 4) is 22.5 Å². The molecule has 6 N–H and O–H groups in total. The highest BCUT2D eigenvalue weighted by molar-refractivity contribution is 5.98. The minimum atomic E-state index is -0.767. The predicted molar refractivity (Wildman–Crippen MR) is 167 cm³/mol. The van der Waals surface area contributed by atoms with Gasteiger partial charge in [0.05, 0.1) is 0 Å². The van der Waals surface area contributed by atoms with Crippen molar-refractivity contribution >= 4 is 29.1 Å². The lowest BCUT2D eigenvalue weighted by atomic mass is 9.81. The number of H-pyrrole nitrogens is 1. The molecule has 1 atom stereocenters. The molecule has 226 valence electrons. The Bertz CT molecular complexity index is 1610. The van der Waals surface area contributed by atoms with Gasteiger partial charge in [0.25, 0.3) is 0 Å². The number of fused-ring (bicyclic) bond motifs is 1. The molecule has 44 heavy (non-hydrogen) atoms. The molecule has 1 aromatic heterocycles. The maximum Gasteiger partial charge on any atom is 0.247 e. The molecule has 3 amide bonds. The van der Waals surface area contributed by atoms with Gasteiger partial charge in [0.1, 0.15) is 6.04 Å². The lowest BCUT2D eigenvalue weighted by Gasteiger charge is -2.28. The van der Waals surface area contributed by atoms with Crippen LogP contribution in [0.1, 0.15) is 43.2 Å². The summed E-state index contributed by atoms with van der Waals surface area (Å²) < 4.78 is 0. The number of rotatable bonds is 9. The molecule has 1 aliphatic carbocycles. The highest BCUT2D eigenvalue weighted by atomic mass is 16.2. The minimum absolute atomic E-state index is 0.0340. The molecule has 1 aliphatic heterocycles. The monoisotopic (exact) mass is 592 g/mol. The molecule has 0 saturated heterocycles. The standard InChI is InChI=1S/C33H36N8O3/c34-19-21-3-7-25(8-4-21)32(43)37-29(33(44)35-27-14-11-24(12-15-27)31-38-40-41-39-31)17-20-1-5-22(6-2-20)26-10-9-23-13-16-30(42)36-28(23)18-26/h1-2,5-6,9-12,14-15,18,21,25,29H,3-4,7-8,13,16-17,19,34H2,(H,35,44)(H,36,42)(H,37,43)(H,38,39,40,41)/t21?,25?,29-/m0/s1. The average Bonchev–Trinajstić information content (AvgIpc) is 3.60. The van der Waals surface area contributed by atoms with Crippen LogP contribution in [-0.4, -0.2) is 50.9 Å². The van der Waals surface area contributed by atoms with Crippen LogP contribution in [-0.2, 0) is 27.2 Å². The van der Waals surface area contributed by atoms with Crippen LogP contribution in [0.3, 0.4) is 0 Å². The third-order valence-corrected chi connectivity index (χ3v) is 8.67. The highest BCUT2D eigenvalue weighted by Crippen LogP contribution is 2.30. The fourth-order valence-electron chi connectivity index (χ4n) is 6.00. The van der Waals surface area contributed by atoms with Gasteiger partial charge in [-0.1, -0.05) is 36.4 Å². The third kappa shape index (κ3) is 6.84. The van der Waals surface area contributed by atoms with E-state index in [1.54, 1.807) is 24.3 Å². The Kier molecular flexibility index (Phi) is 8.74. The lowest BCUT2D eigenvalue weighted by Crippen LogP contribution is -2.48. The Morgan fingerprint density at radius 3 is 2.34 bits per heavy atom. The molecular weight excluding hydrogens is 556 g/mol. The van der Waals surface area contributed by atoms with Crippen LogP contribution in [0.25, 0.3) is 22.5 Å². The fourth-order valence-corrected chi connectivity index (χ4v) is 6.00. The number of hydrogen-bond donors (Lipinski definition) is 5. The van der Waals surface area contributed by atoms with Gasteiger partial charge in [-0.05, 0) is 102 Å². The van der Waals surface area contributed by atoms with E-state index >= 15 is 0 Å². The number of nitrogens with one attached hydrogen (secondary N) is 4. The molecule has 2 aliphatic rings. The third-order valence-electron chi connectivity index (χ3n) is 8.67. The fraction of sp³-hybridized carbons (Fsp3) is 0.333. The lowest BCUT2D eigenvalue weighted by molar-refractivity contribution is -0.130. The van der Waals surface area contributed by atoms with E-state index < -0.39 is 6.04 Å². The number of carbonyl (C=O) groups is 3. The predicted octanol–water partition coefficient (Wildman–Crippen LogP) is 3.85. The summed E-state index contributed by atoms with van der Waals surface area (Å²) in [7, 11) is 0. The van der Waals surface area contributed by atoms with Crippen molar-refractivity contribution in [1.29, 1.82) is 0 Å². The largest absolute Gasteiger partial charge is 0.344 e. The minimum Gasteiger partial charge on any atom is -0.344 e. The number of carbonyl (C=O) groups excluding carboxylic acids is 3. The maximum atomic E-state index is 13.6. The van der Waals surface area contributed by atoms with Gasteiger partial charge in [0.15, 0.2) is 0 Å². The van der Waals surface area contributed by atoms with Crippen LogP contribution >= 0.6 is 0 Å². The van der Waals surface area contributed by atoms with Crippen LogP contribution in [0.5, 0.6) is 0 Å². The summed E-state index contributed by atoms with van der Waals surface area (Å²) in [6.07, 6.45) is 4.97. The molecule has 6 rings (SSSR count). The average molecular weight is 593 g/mol. The zero-order valence-electron chi connectivity index (χ0n) is 24.4. The second-order valence-electron chi connectivity index (χ2n) is 11.6. The van der Waals surface area contributed by atoms with E-state index in [0.717, 1.165) is 65.6 Å². The van der Waals surface area contributed by atoms with E-state index in [9.17, 15) is 14.4 Å². The van der Waals surface area contributed by atoms with Gasteiger partial charge in [-0.15, -0.1) is 10.2 Å². The quantitative estimate of drug-likeness (QED) is 0.197. The summed E-state index contributed by atoms with van der Waals surface area (Å²) in [5.41, 5.74) is 12.1. The van der Waals surface area contributed by atoms with E-state index in [4.69, 9.17) is 5.73 Å². The first-order chi connectivity index (χ1) is 21.4. The molecule has 0 spiro atoms. The number of nitrogens with two attached hydrogens (primary N) is 1. The van der Waals surface area contributed by atoms with Crippen LogP contribution in [0, 0.1) is 11.8 Å². The zero-order valence-corrected chi connectivity index (χ0v) is 24.4. The van der Waals surface area contributed by atoms with E-state index in [2.05, 4.69) is 48.7 Å². The van der Waals surface area contributed by atoms with Crippen LogP contribution in [0.2, 0.25) is 0 Å². The Balaban J connectivity index is 1.17. The summed E-state index contributed by atoms with van der Waals surface area (Å²) >= 11 is 0. The Morgan fingerprint density at radius 1 is 0.909 bits per heavy atom. The van der Waals surface area contributed by atoms with Crippen molar-refractivity contribution in [2.75, 3.05) is 17.2 Å². The second-order valence-corrected chi connectivity index (χ2v) is 11.6. The summed E-state index contributed by atoms with van der Waals surface area (Å²) in [5.74, 6) is 0.428. The first kappa shape index (κ1) is 29.2. The van der Waals surface area contributed by atoms with Gasteiger partial charge in [0, 0.05) is 35.7 Å². The van der Waals surface area contributed by atoms with E-state index in [1.807, 2.05) is 30.3 Å². The number of aromatic nitrogens is 4. The molecule has 4 aromatic rings. The number of anilines is 2. The zero-order chi connectivity index (χ0) is 30.5. The maximum absolute atomic E-state index is 13.6. The number of hydrogen-bond acceptors (Lipinski definition) is 7. The summed E-state index contributed by atoms with van der Waals surface area (Å²) in [6.45, 7) is 0.640. The smallest absolute Gasteiger partial charge is 0.247 e. The first-order valence-electron chi connectivity index (χ1n) is 15.1. The highest BCUT2D eigenvalue weighted by Gasteiger charge is 2.29. The number of aromatic amines is 1. The van der Waals surface area contributed by atoms with Crippen molar-refractivity contribution in [2.24, 2.45) is 17.6 Å². The second kappa shape index (κ2) is 13.2. The molecule has 1 fully saturated rings. The number of tetrazole rings is 1. The Morgan fingerprint density at radius 2 is 1.64 bits per heavy atom. The van der Waals surface area contributed by atoms with Crippen molar-refractivity contribution in [3.63, 3.8) is 0 Å². The molecule has 0 radical (unpaired) electrons. The van der Waals surface area contributed by atoms with Crippen molar-refractivity contribution < 1.29 is 14.4 Å². The molecule has 2 heterocycles. The molecule has 3 aromatic carbocycles. The van der Waals surface area contributed by atoms with Gasteiger partial charge >= 0.3 is 0 Å². The van der Waals surface area contributed by atoms with E-state index in [0.29, 0.717) is 36.8 Å². The molecule has 0 unspecified atom stereocenters. The van der Waals surface area contributed by atoms with Gasteiger partial charge in [-0.3, -0.25) is 14.4 Å². The van der Waals surface area contributed by atoms with Crippen LogP contribution in [0.15, 0.2) is 66.7 Å². The molecule has 1 saturated carbocycles. The summed E-state index contributed by atoms with van der Waals surface area (Å²) in [6, 6.07) is 20.5. The molecule has 0 bridgehead atoms. The Labute approximate surface area is 255 Å². The van der Waals surface area contributed by atoms with Gasteiger partial charge in [-0.2, -0.15) is 5.21 Å². The van der Waals surface area contributed by atoms with Crippen molar-refractivity contribution in [1.82, 2.24) is 25.9 Å². The number of aryl methyl sites for hydroxylation is 1. The van der Waals surface area contributed by atoms with E-state index in [1.165, 1.54) is 0 Å². The van der Waals surface area contributed by atoms with E-state index in [-0.39, 0.29) is 23.6 Å². The van der Waals surface area contributed by atoms with Gasteiger partial charge in [-0.25, -0.2) is 0 Å². The topological polar surface area (TPSA) is 168 Å². The van der Waals surface area contributed by atoms with Crippen molar-refractivity contribution in [2.45, 2.75) is 51.0 Å². The van der Waals surface area contributed by atoms with Gasteiger partial charge < -0.3 is 21.7 Å². The number of benzene rings is 3. The molecule has 11 heteroatoms. The van der Waals surface area contributed by atoms with Crippen molar-refractivity contribution in [3.05, 3.63) is 77.9 Å². The first-order valence-corrected chi connectivity index (χ1v) is 15.1. The molecular formula is C33H36N8O3. The van der Waals surface area contributed by atoms with Crippen LogP contribution in [0.4, 0.5) is 11.4 Å². The molecule has 11 nitrogen and oxygen atoms in total. The Hall–Kier alpha value is -4.90. The number of nitrogens with zero attached hydrogens (tertiary/aromatic N) is 3. The normalized spacial score (nSPS) is 18.5. The van der Waals surface area contributed by atoms with Crippen LogP contribution < -0.4 is 21.7 Å². The summed E-state index contributed by atoms with van der Waals surface area (Å²) in [5, 5.41) is 22.9. The SMILES string of the molecule is NCC1CCC(C(=O)N[C@@H](Cc2ccc(-c3ccc4c(c3)NC(=O)CC4)cc2)C(=O)Nc2ccc(-c3nn[nH]n3)cc2)CC1. The number of amides is 3.